The molecule has 98 valence electrons. The Bertz CT molecular complexity index is 570. The predicted molar refractivity (Wildman–Crippen MR) is 78.6 cm³/mol. The Balaban J connectivity index is 1.64. The maximum Gasteiger partial charge on any atom is 0.123 e. The van der Waals surface area contributed by atoms with Crippen molar-refractivity contribution in [2.24, 2.45) is 0 Å². The Morgan fingerprint density at radius 1 is 1.26 bits per heavy atom. The van der Waals surface area contributed by atoms with Gasteiger partial charge in [0.1, 0.15) is 11.9 Å². The van der Waals surface area contributed by atoms with E-state index in [1.165, 1.54) is 11.1 Å². The van der Waals surface area contributed by atoms with Gasteiger partial charge in [-0.05, 0) is 36.2 Å². The third-order valence-electron chi connectivity index (χ3n) is 3.44. The first-order valence-corrected chi connectivity index (χ1v) is 6.57. The van der Waals surface area contributed by atoms with Crippen molar-refractivity contribution in [1.29, 1.82) is 0 Å². The first-order valence-electron chi connectivity index (χ1n) is 6.57. The van der Waals surface area contributed by atoms with Crippen molar-refractivity contribution in [2.45, 2.75) is 19.4 Å². The van der Waals surface area contributed by atoms with Crippen LogP contribution in [0.4, 0.5) is 11.4 Å². The predicted octanol–water partition coefficient (Wildman–Crippen LogP) is 2.99. The fourth-order valence-electron chi connectivity index (χ4n) is 2.41. The summed E-state index contributed by atoms with van der Waals surface area (Å²) in [6.45, 7) is 2.83. The maximum atomic E-state index is 5.96. The third-order valence-corrected chi connectivity index (χ3v) is 3.44. The minimum atomic E-state index is 0.178. The van der Waals surface area contributed by atoms with Crippen LogP contribution < -0.4 is 15.8 Å². The van der Waals surface area contributed by atoms with Crippen LogP contribution >= 0.6 is 0 Å². The van der Waals surface area contributed by atoms with Gasteiger partial charge in [-0.15, -0.1) is 0 Å². The normalized spacial score (nSPS) is 16.8. The Kier molecular flexibility index (Phi) is 3.03. The summed E-state index contributed by atoms with van der Waals surface area (Å²) in [6.07, 6.45) is 1.13. The molecule has 1 heterocycles. The van der Waals surface area contributed by atoms with Crippen molar-refractivity contribution < 1.29 is 4.74 Å². The van der Waals surface area contributed by atoms with E-state index < -0.39 is 0 Å². The Hall–Kier alpha value is -2.16. The monoisotopic (exact) mass is 254 g/mol. The lowest BCUT2D eigenvalue weighted by Crippen LogP contribution is -2.24. The molecule has 0 aliphatic carbocycles. The van der Waals surface area contributed by atoms with E-state index in [-0.39, 0.29) is 6.10 Å². The van der Waals surface area contributed by atoms with E-state index in [4.69, 9.17) is 10.5 Å². The number of anilines is 2. The van der Waals surface area contributed by atoms with Crippen molar-refractivity contribution in [3.05, 3.63) is 53.6 Å². The zero-order valence-electron chi connectivity index (χ0n) is 11.0. The lowest BCUT2D eigenvalue weighted by molar-refractivity contribution is 0.246. The topological polar surface area (TPSA) is 47.3 Å². The molecule has 19 heavy (non-hydrogen) atoms. The summed E-state index contributed by atoms with van der Waals surface area (Å²) < 4.78 is 5.90. The molecule has 1 unspecified atom stereocenters. The van der Waals surface area contributed by atoms with Crippen LogP contribution in [-0.4, -0.2) is 12.6 Å². The highest BCUT2D eigenvalue weighted by molar-refractivity contribution is 5.67. The van der Waals surface area contributed by atoms with Crippen LogP contribution in [0.25, 0.3) is 0 Å². The number of rotatable bonds is 3. The van der Waals surface area contributed by atoms with E-state index in [1.54, 1.807) is 0 Å². The van der Waals surface area contributed by atoms with Crippen molar-refractivity contribution in [3.8, 4) is 5.75 Å². The van der Waals surface area contributed by atoms with E-state index in [2.05, 4.69) is 30.4 Å². The van der Waals surface area contributed by atoms with E-state index in [0.29, 0.717) is 0 Å². The van der Waals surface area contributed by atoms with Crippen molar-refractivity contribution in [3.63, 3.8) is 0 Å². The van der Waals surface area contributed by atoms with E-state index in [9.17, 15) is 0 Å². The van der Waals surface area contributed by atoms with Crippen molar-refractivity contribution >= 4 is 11.4 Å². The van der Waals surface area contributed by atoms with Gasteiger partial charge in [0.25, 0.3) is 0 Å². The molecule has 0 fully saturated rings. The Morgan fingerprint density at radius 2 is 2.11 bits per heavy atom. The van der Waals surface area contributed by atoms with E-state index in [1.807, 2.05) is 24.3 Å². The number of hydrogen-bond acceptors (Lipinski definition) is 3. The molecule has 0 saturated carbocycles. The van der Waals surface area contributed by atoms with Gasteiger partial charge in [-0.25, -0.2) is 0 Å². The van der Waals surface area contributed by atoms with Crippen LogP contribution in [0.15, 0.2) is 42.5 Å². The summed E-state index contributed by atoms with van der Waals surface area (Å²) in [5, 5.41) is 3.38. The highest BCUT2D eigenvalue weighted by atomic mass is 16.5. The van der Waals surface area contributed by atoms with Gasteiger partial charge < -0.3 is 15.8 Å². The standard InChI is InChI=1S/C16H18N2O/c1-11-6-7-14(17)15(8-11)18-10-13-9-12-4-2-3-5-16(12)19-13/h2-8,13,18H,9-10,17H2,1H3. The number of hydrogen-bond donors (Lipinski definition) is 2. The molecule has 3 nitrogen and oxygen atoms in total. The highest BCUT2D eigenvalue weighted by Crippen LogP contribution is 2.28. The van der Waals surface area contributed by atoms with Crippen molar-refractivity contribution in [1.82, 2.24) is 0 Å². The number of nitrogen functional groups attached to an aromatic ring is 1. The molecule has 2 aromatic carbocycles. The number of nitrogens with two attached hydrogens (primary N) is 1. The average Bonchev–Trinajstić information content (AvgIpc) is 2.82. The molecule has 0 bridgehead atoms. The minimum absolute atomic E-state index is 0.178. The molecular formula is C16H18N2O. The third kappa shape index (κ3) is 2.50. The summed E-state index contributed by atoms with van der Waals surface area (Å²) in [7, 11) is 0. The maximum absolute atomic E-state index is 5.96. The quantitative estimate of drug-likeness (QED) is 0.828. The molecule has 0 radical (unpaired) electrons. The molecular weight excluding hydrogens is 236 g/mol. The second kappa shape index (κ2) is 4.84. The molecule has 0 saturated heterocycles. The Morgan fingerprint density at radius 3 is 2.95 bits per heavy atom. The highest BCUT2D eigenvalue weighted by Gasteiger charge is 2.21. The summed E-state index contributed by atoms with van der Waals surface area (Å²) in [5.41, 5.74) is 10.2. The van der Waals surface area contributed by atoms with Crippen LogP contribution in [0.5, 0.6) is 5.75 Å². The molecule has 0 spiro atoms. The molecule has 1 atom stereocenters. The molecule has 0 aromatic heterocycles. The van der Waals surface area contributed by atoms with Gasteiger partial charge in [0.15, 0.2) is 0 Å². The molecule has 3 rings (SSSR count). The summed E-state index contributed by atoms with van der Waals surface area (Å²) >= 11 is 0. The number of benzene rings is 2. The zero-order valence-corrected chi connectivity index (χ0v) is 11.0. The molecule has 3 heteroatoms. The van der Waals surface area contributed by atoms with Gasteiger partial charge in [-0.1, -0.05) is 24.3 Å². The largest absolute Gasteiger partial charge is 0.488 e. The van der Waals surface area contributed by atoms with Crippen molar-refractivity contribution in [2.75, 3.05) is 17.6 Å². The van der Waals surface area contributed by atoms with Gasteiger partial charge >= 0.3 is 0 Å². The molecule has 1 aliphatic rings. The summed E-state index contributed by atoms with van der Waals surface area (Å²) in [5.74, 6) is 1.01. The SMILES string of the molecule is Cc1ccc(N)c(NCC2Cc3ccccc3O2)c1. The van der Waals surface area contributed by atoms with Crippen LogP contribution in [0.3, 0.4) is 0 Å². The minimum Gasteiger partial charge on any atom is -0.488 e. The second-order valence-electron chi connectivity index (χ2n) is 5.02. The Labute approximate surface area is 113 Å². The van der Waals surface area contributed by atoms with Gasteiger partial charge in [0, 0.05) is 6.42 Å². The lowest BCUT2D eigenvalue weighted by Gasteiger charge is -2.14. The van der Waals surface area contributed by atoms with Crippen LogP contribution in [0.2, 0.25) is 0 Å². The molecule has 0 amide bonds. The molecule has 2 aromatic rings. The first kappa shape index (κ1) is 11.9. The first-order chi connectivity index (χ1) is 9.22. The van der Waals surface area contributed by atoms with E-state index >= 15 is 0 Å². The zero-order chi connectivity index (χ0) is 13.2. The fraction of sp³-hybridized carbons (Fsp3) is 0.250. The second-order valence-corrected chi connectivity index (χ2v) is 5.02. The number of ether oxygens (including phenoxy) is 1. The summed E-state index contributed by atoms with van der Waals surface area (Å²) in [4.78, 5) is 0. The van der Waals surface area contributed by atoms with Crippen LogP contribution in [0, 0.1) is 6.92 Å². The molecule has 1 aliphatic heterocycles. The average molecular weight is 254 g/mol. The molecule has 3 N–H and O–H groups in total. The fourth-order valence-corrected chi connectivity index (χ4v) is 2.41. The van der Waals surface area contributed by atoms with Gasteiger partial charge in [-0.3, -0.25) is 0 Å². The van der Waals surface area contributed by atoms with E-state index in [0.717, 1.165) is 30.1 Å². The van der Waals surface area contributed by atoms with Crippen LogP contribution in [-0.2, 0) is 6.42 Å². The van der Waals surface area contributed by atoms with Gasteiger partial charge in [0.05, 0.1) is 17.9 Å². The van der Waals surface area contributed by atoms with Crippen LogP contribution in [0.1, 0.15) is 11.1 Å². The number of nitrogens with one attached hydrogen (secondary N) is 1. The number of para-hydroxylation sites is 1. The number of aryl methyl sites for hydroxylation is 1. The lowest BCUT2D eigenvalue weighted by atomic mass is 10.1. The van der Waals surface area contributed by atoms with Gasteiger partial charge in [0.2, 0.25) is 0 Å². The smallest absolute Gasteiger partial charge is 0.123 e. The number of fused-ring (bicyclic) bond motifs is 1. The summed E-state index contributed by atoms with van der Waals surface area (Å²) in [6, 6.07) is 14.2. The van der Waals surface area contributed by atoms with Gasteiger partial charge in [-0.2, -0.15) is 0 Å².